The van der Waals surface area contributed by atoms with Crippen LogP contribution in [-0.2, 0) is 21.3 Å². The van der Waals surface area contributed by atoms with Crippen LogP contribution >= 0.6 is 27.3 Å². The van der Waals surface area contributed by atoms with Gasteiger partial charge in [0.05, 0.1) is 10.4 Å². The van der Waals surface area contributed by atoms with Gasteiger partial charge in [-0.15, -0.1) is 11.3 Å². The van der Waals surface area contributed by atoms with Crippen molar-refractivity contribution in [3.05, 3.63) is 14.7 Å². The molecule has 1 heterocycles. The maximum Gasteiger partial charge on any atom is 0.242 e. The van der Waals surface area contributed by atoms with Crippen molar-refractivity contribution in [2.45, 2.75) is 24.3 Å². The highest BCUT2D eigenvalue weighted by Gasteiger charge is 2.22. The molecular weight excluding hydrogens is 364 g/mol. The number of rotatable bonds is 9. The fraction of sp³-hybridized carbons (Fsp3) is 0.667. The molecule has 0 spiro atoms. The van der Waals surface area contributed by atoms with Gasteiger partial charge in [-0.2, -0.15) is 0 Å². The van der Waals surface area contributed by atoms with Crippen LogP contribution in [0.2, 0.25) is 0 Å². The Kier molecular flexibility index (Phi) is 6.00. The minimum Gasteiger partial charge on any atom is -0.380 e. The summed E-state index contributed by atoms with van der Waals surface area (Å²) in [6.45, 7) is 2.12. The topological polar surface area (TPSA) is 67.4 Å². The average molecular weight is 383 g/mol. The molecule has 1 fully saturated rings. The van der Waals surface area contributed by atoms with E-state index >= 15 is 0 Å². The molecule has 8 heteroatoms. The average Bonchev–Trinajstić information content (AvgIpc) is 3.12. The van der Waals surface area contributed by atoms with Crippen molar-refractivity contribution in [2.24, 2.45) is 5.92 Å². The largest absolute Gasteiger partial charge is 0.380 e. The van der Waals surface area contributed by atoms with Gasteiger partial charge in [0.25, 0.3) is 0 Å². The van der Waals surface area contributed by atoms with E-state index in [1.165, 1.54) is 24.2 Å². The molecule has 0 aliphatic heterocycles. The lowest BCUT2D eigenvalue weighted by Gasteiger charge is -2.06. The molecule has 0 bridgehead atoms. The van der Waals surface area contributed by atoms with E-state index in [9.17, 15) is 8.42 Å². The van der Waals surface area contributed by atoms with E-state index in [4.69, 9.17) is 4.74 Å². The first-order chi connectivity index (χ1) is 9.53. The lowest BCUT2D eigenvalue weighted by atomic mass is 10.5. The molecule has 114 valence electrons. The summed E-state index contributed by atoms with van der Waals surface area (Å²) in [7, 11) is -1.64. The Labute approximate surface area is 132 Å². The number of thiophene rings is 1. The number of ether oxygens (including phenoxy) is 1. The fourth-order valence-corrected chi connectivity index (χ4v) is 5.41. The minimum absolute atomic E-state index is 0.301. The monoisotopic (exact) mass is 382 g/mol. The van der Waals surface area contributed by atoms with E-state index in [-0.39, 0.29) is 0 Å². The van der Waals surface area contributed by atoms with Crippen molar-refractivity contribution in [1.29, 1.82) is 0 Å². The maximum absolute atomic E-state index is 12.2. The first-order valence-corrected chi connectivity index (χ1v) is 9.62. The zero-order valence-electron chi connectivity index (χ0n) is 11.3. The third-order valence-electron chi connectivity index (χ3n) is 2.94. The van der Waals surface area contributed by atoms with Gasteiger partial charge < -0.3 is 10.1 Å². The molecule has 1 aliphatic carbocycles. The fourth-order valence-electron chi connectivity index (χ4n) is 1.70. The van der Waals surface area contributed by atoms with Crippen LogP contribution in [0.15, 0.2) is 14.7 Å². The summed E-state index contributed by atoms with van der Waals surface area (Å²) in [4.78, 5) is 1.28. The summed E-state index contributed by atoms with van der Waals surface area (Å²) in [6.07, 6.45) is 2.48. The summed E-state index contributed by atoms with van der Waals surface area (Å²) in [6, 6.07) is 1.69. The van der Waals surface area contributed by atoms with Crippen LogP contribution < -0.4 is 10.0 Å². The van der Waals surface area contributed by atoms with Gasteiger partial charge in [0.1, 0.15) is 4.90 Å². The lowest BCUT2D eigenvalue weighted by molar-refractivity contribution is 0.129. The van der Waals surface area contributed by atoms with Gasteiger partial charge in [0.15, 0.2) is 0 Å². The van der Waals surface area contributed by atoms with E-state index in [0.717, 1.165) is 11.5 Å². The molecule has 0 saturated heterocycles. The molecule has 0 unspecified atom stereocenters. The quantitative estimate of drug-likeness (QED) is 0.640. The third-order valence-corrected chi connectivity index (χ3v) is 6.65. The summed E-state index contributed by atoms with van der Waals surface area (Å²) < 4.78 is 33.0. The molecule has 2 N–H and O–H groups in total. The zero-order chi connectivity index (χ0) is 14.6. The molecule has 0 atom stereocenters. The Balaban J connectivity index is 1.84. The molecule has 0 aromatic carbocycles. The Bertz CT molecular complexity index is 541. The van der Waals surface area contributed by atoms with Crippen LogP contribution in [0, 0.1) is 5.92 Å². The Morgan fingerprint density at radius 2 is 2.25 bits per heavy atom. The van der Waals surface area contributed by atoms with Crippen molar-refractivity contribution in [3.8, 4) is 0 Å². The molecule has 1 saturated carbocycles. The van der Waals surface area contributed by atoms with E-state index in [1.807, 2.05) is 7.05 Å². The molecule has 5 nitrogen and oxygen atoms in total. The van der Waals surface area contributed by atoms with Gasteiger partial charge in [-0.3, -0.25) is 0 Å². The van der Waals surface area contributed by atoms with E-state index in [2.05, 4.69) is 26.0 Å². The first kappa shape index (κ1) is 16.4. The highest BCUT2D eigenvalue weighted by atomic mass is 79.9. The van der Waals surface area contributed by atoms with Gasteiger partial charge in [-0.1, -0.05) is 0 Å². The molecule has 1 aromatic rings. The molecule has 0 radical (unpaired) electrons. The Morgan fingerprint density at radius 3 is 2.90 bits per heavy atom. The van der Waals surface area contributed by atoms with Crippen molar-refractivity contribution in [2.75, 3.05) is 26.8 Å². The number of halogens is 1. The predicted molar refractivity (Wildman–Crippen MR) is 83.5 cm³/mol. The number of hydrogen-bond acceptors (Lipinski definition) is 5. The van der Waals surface area contributed by atoms with E-state index in [0.29, 0.717) is 34.3 Å². The molecule has 1 aliphatic rings. The number of sulfonamides is 1. The zero-order valence-corrected chi connectivity index (χ0v) is 14.5. The molecule has 20 heavy (non-hydrogen) atoms. The summed E-state index contributed by atoms with van der Waals surface area (Å²) in [5.41, 5.74) is 0. The SMILES string of the molecule is CNCc1cc(S(=O)(=O)NCCOCC2CC2)c(Br)s1. The van der Waals surface area contributed by atoms with Crippen LogP contribution in [0.25, 0.3) is 0 Å². The highest BCUT2D eigenvalue weighted by Crippen LogP contribution is 2.31. The minimum atomic E-state index is -3.47. The summed E-state index contributed by atoms with van der Waals surface area (Å²) >= 11 is 4.74. The van der Waals surface area contributed by atoms with Crippen molar-refractivity contribution in [3.63, 3.8) is 0 Å². The molecular formula is C12H19BrN2O3S2. The highest BCUT2D eigenvalue weighted by molar-refractivity contribution is 9.11. The lowest BCUT2D eigenvalue weighted by Crippen LogP contribution is -2.27. The van der Waals surface area contributed by atoms with Gasteiger partial charge in [-0.05, 0) is 47.8 Å². The van der Waals surface area contributed by atoms with Crippen molar-refractivity contribution < 1.29 is 13.2 Å². The normalized spacial score (nSPS) is 15.7. The van der Waals surface area contributed by atoms with Crippen molar-refractivity contribution in [1.82, 2.24) is 10.0 Å². The third kappa shape index (κ3) is 4.78. The molecule has 1 aromatic heterocycles. The maximum atomic E-state index is 12.2. The molecule has 0 amide bonds. The Morgan fingerprint density at radius 1 is 1.50 bits per heavy atom. The molecule has 2 rings (SSSR count). The second kappa shape index (κ2) is 7.33. The van der Waals surface area contributed by atoms with Gasteiger partial charge in [-0.25, -0.2) is 13.1 Å². The van der Waals surface area contributed by atoms with Crippen LogP contribution in [0.4, 0.5) is 0 Å². The van der Waals surface area contributed by atoms with Crippen LogP contribution in [-0.4, -0.2) is 35.2 Å². The summed E-state index contributed by atoms with van der Waals surface area (Å²) in [5.74, 6) is 0.696. The smallest absolute Gasteiger partial charge is 0.242 e. The summed E-state index contributed by atoms with van der Waals surface area (Å²) in [5, 5.41) is 3.01. The van der Waals surface area contributed by atoms with E-state index in [1.54, 1.807) is 6.07 Å². The van der Waals surface area contributed by atoms with Crippen LogP contribution in [0.3, 0.4) is 0 Å². The second-order valence-corrected chi connectivity index (χ2v) is 8.99. The van der Waals surface area contributed by atoms with Gasteiger partial charge in [0, 0.05) is 24.6 Å². The van der Waals surface area contributed by atoms with E-state index < -0.39 is 10.0 Å². The Hall–Kier alpha value is 0.01000. The van der Waals surface area contributed by atoms with Crippen LogP contribution in [0.1, 0.15) is 17.7 Å². The van der Waals surface area contributed by atoms with Gasteiger partial charge >= 0.3 is 0 Å². The number of nitrogens with one attached hydrogen (secondary N) is 2. The second-order valence-electron chi connectivity index (χ2n) is 4.80. The number of hydrogen-bond donors (Lipinski definition) is 2. The van der Waals surface area contributed by atoms with Crippen molar-refractivity contribution >= 4 is 37.3 Å². The standard InChI is InChI=1S/C12H19BrN2O3S2/c1-14-7-10-6-11(12(13)19-10)20(16,17)15-4-5-18-8-9-2-3-9/h6,9,14-15H,2-5,7-8H2,1H3. The van der Waals surface area contributed by atoms with Crippen LogP contribution in [0.5, 0.6) is 0 Å². The first-order valence-electron chi connectivity index (χ1n) is 6.53. The predicted octanol–water partition coefficient (Wildman–Crippen LogP) is 1.93. The van der Waals surface area contributed by atoms with Gasteiger partial charge in [0.2, 0.25) is 10.0 Å².